The molecule has 23 heavy (non-hydrogen) atoms. The molecule has 2 rings (SSSR count). The quantitative estimate of drug-likeness (QED) is 0.782. The van der Waals surface area contributed by atoms with Crippen molar-refractivity contribution in [1.29, 1.82) is 0 Å². The van der Waals surface area contributed by atoms with Gasteiger partial charge in [-0.15, -0.1) is 0 Å². The summed E-state index contributed by atoms with van der Waals surface area (Å²) < 4.78 is 1.75. The molecule has 6 nitrogen and oxygen atoms in total. The minimum absolute atomic E-state index is 0.244. The average Bonchev–Trinajstić information content (AvgIpc) is 3.02. The fraction of sp³-hybridized carbons (Fsp3) is 0.353. The van der Waals surface area contributed by atoms with Crippen LogP contribution in [-0.4, -0.2) is 32.8 Å². The Balaban J connectivity index is 1.87. The molecule has 2 N–H and O–H groups in total. The number of para-hydroxylation sites is 1. The maximum atomic E-state index is 11.9. The van der Waals surface area contributed by atoms with E-state index in [1.807, 2.05) is 43.5 Å². The number of benzene rings is 1. The first-order chi connectivity index (χ1) is 11.1. The summed E-state index contributed by atoms with van der Waals surface area (Å²) in [6.07, 6.45) is 5.52. The maximum Gasteiger partial charge on any atom is 0.326 e. The molecule has 122 valence electrons. The molecule has 0 radical (unpaired) electrons. The number of amides is 1. The van der Waals surface area contributed by atoms with Crippen LogP contribution in [0.2, 0.25) is 0 Å². The summed E-state index contributed by atoms with van der Waals surface area (Å²) in [6, 6.07) is 8.90. The van der Waals surface area contributed by atoms with Crippen LogP contribution in [0.15, 0.2) is 42.7 Å². The lowest BCUT2D eigenvalue weighted by molar-refractivity contribution is -0.142. The molecule has 1 aromatic carbocycles. The van der Waals surface area contributed by atoms with Gasteiger partial charge in [-0.2, -0.15) is 5.10 Å². The Labute approximate surface area is 135 Å². The van der Waals surface area contributed by atoms with Gasteiger partial charge in [0.1, 0.15) is 6.04 Å². The fourth-order valence-electron chi connectivity index (χ4n) is 2.28. The van der Waals surface area contributed by atoms with E-state index in [2.05, 4.69) is 10.4 Å². The number of aryl methyl sites for hydroxylation is 1. The molecule has 0 bridgehead atoms. The zero-order valence-electron chi connectivity index (χ0n) is 13.1. The van der Waals surface area contributed by atoms with Crippen LogP contribution in [0.25, 0.3) is 5.69 Å². The van der Waals surface area contributed by atoms with Gasteiger partial charge in [0, 0.05) is 12.6 Å². The van der Waals surface area contributed by atoms with Crippen molar-refractivity contribution in [2.45, 2.75) is 38.6 Å². The second-order valence-electron chi connectivity index (χ2n) is 5.38. The van der Waals surface area contributed by atoms with E-state index in [9.17, 15) is 9.59 Å². The van der Waals surface area contributed by atoms with Crippen LogP contribution in [0.3, 0.4) is 0 Å². The third-order valence-corrected chi connectivity index (χ3v) is 3.51. The molecule has 1 heterocycles. The Kier molecular flexibility index (Phi) is 5.91. The van der Waals surface area contributed by atoms with Gasteiger partial charge < -0.3 is 10.4 Å². The highest BCUT2D eigenvalue weighted by atomic mass is 16.4. The Morgan fingerprint density at radius 3 is 2.70 bits per heavy atom. The topological polar surface area (TPSA) is 84.2 Å². The lowest BCUT2D eigenvalue weighted by atomic mass is 10.1. The van der Waals surface area contributed by atoms with Crippen LogP contribution < -0.4 is 5.32 Å². The fourth-order valence-corrected chi connectivity index (χ4v) is 2.28. The minimum Gasteiger partial charge on any atom is -0.480 e. The van der Waals surface area contributed by atoms with Gasteiger partial charge in [-0.1, -0.05) is 31.5 Å². The van der Waals surface area contributed by atoms with Crippen LogP contribution >= 0.6 is 0 Å². The second kappa shape index (κ2) is 8.12. The highest BCUT2D eigenvalue weighted by Crippen LogP contribution is 2.09. The number of hydrogen-bond acceptors (Lipinski definition) is 3. The molecule has 1 amide bonds. The monoisotopic (exact) mass is 315 g/mol. The number of aromatic nitrogens is 2. The van der Waals surface area contributed by atoms with Crippen LogP contribution in [0.5, 0.6) is 0 Å². The largest absolute Gasteiger partial charge is 0.480 e. The minimum atomic E-state index is -0.989. The summed E-state index contributed by atoms with van der Waals surface area (Å²) in [4.78, 5) is 22.9. The lowest BCUT2D eigenvalue weighted by Crippen LogP contribution is -2.40. The summed E-state index contributed by atoms with van der Waals surface area (Å²) >= 11 is 0. The number of carbonyl (C=O) groups is 2. The third-order valence-electron chi connectivity index (χ3n) is 3.51. The number of aliphatic carboxylic acids is 1. The van der Waals surface area contributed by atoms with Gasteiger partial charge in [-0.3, -0.25) is 4.79 Å². The third kappa shape index (κ3) is 4.95. The van der Waals surface area contributed by atoms with Crippen LogP contribution in [0.1, 0.15) is 31.7 Å². The number of nitrogens with one attached hydrogen (secondary N) is 1. The zero-order chi connectivity index (χ0) is 16.7. The van der Waals surface area contributed by atoms with Gasteiger partial charge in [-0.25, -0.2) is 9.48 Å². The van der Waals surface area contributed by atoms with E-state index >= 15 is 0 Å². The van der Waals surface area contributed by atoms with E-state index in [4.69, 9.17) is 5.11 Å². The molecule has 0 fully saturated rings. The van der Waals surface area contributed by atoms with E-state index in [1.165, 1.54) is 0 Å². The van der Waals surface area contributed by atoms with E-state index in [0.717, 1.165) is 11.3 Å². The van der Waals surface area contributed by atoms with Gasteiger partial charge in [0.2, 0.25) is 5.91 Å². The Morgan fingerprint density at radius 2 is 2.04 bits per heavy atom. The molecule has 0 spiro atoms. The van der Waals surface area contributed by atoms with Gasteiger partial charge in [0.15, 0.2) is 0 Å². The van der Waals surface area contributed by atoms with Crippen molar-refractivity contribution < 1.29 is 14.7 Å². The molecule has 1 aromatic heterocycles. The predicted molar refractivity (Wildman–Crippen MR) is 86.4 cm³/mol. The Bertz CT molecular complexity index is 652. The molecule has 0 aliphatic rings. The van der Waals surface area contributed by atoms with E-state index in [-0.39, 0.29) is 12.3 Å². The molecule has 0 aliphatic heterocycles. The number of nitrogens with zero attached hydrogens (tertiary/aromatic N) is 2. The van der Waals surface area contributed by atoms with Crippen molar-refractivity contribution in [3.8, 4) is 5.69 Å². The number of carboxylic acid groups (broad SMARTS) is 1. The van der Waals surface area contributed by atoms with Crippen molar-refractivity contribution >= 4 is 11.9 Å². The lowest BCUT2D eigenvalue weighted by Gasteiger charge is -2.13. The highest BCUT2D eigenvalue weighted by molar-refractivity contribution is 5.83. The SMILES string of the molecule is CCCC(NC(=O)CCc1cnn(-c2ccccc2)c1)C(=O)O. The zero-order valence-corrected chi connectivity index (χ0v) is 13.1. The highest BCUT2D eigenvalue weighted by Gasteiger charge is 2.18. The Hall–Kier alpha value is -2.63. The molecule has 1 unspecified atom stereocenters. The van der Waals surface area contributed by atoms with Gasteiger partial charge in [0.05, 0.1) is 11.9 Å². The van der Waals surface area contributed by atoms with Crippen molar-refractivity contribution in [2.75, 3.05) is 0 Å². The number of carbonyl (C=O) groups excluding carboxylic acids is 1. The van der Waals surface area contributed by atoms with Crippen molar-refractivity contribution in [3.63, 3.8) is 0 Å². The smallest absolute Gasteiger partial charge is 0.326 e. The molecule has 0 aliphatic carbocycles. The number of hydrogen-bond donors (Lipinski definition) is 2. The molecule has 1 atom stereocenters. The van der Waals surface area contributed by atoms with Crippen molar-refractivity contribution in [1.82, 2.24) is 15.1 Å². The van der Waals surface area contributed by atoms with E-state index in [0.29, 0.717) is 19.3 Å². The molecule has 0 saturated carbocycles. The molecular weight excluding hydrogens is 294 g/mol. The normalized spacial score (nSPS) is 11.9. The van der Waals surface area contributed by atoms with Crippen LogP contribution in [-0.2, 0) is 16.0 Å². The van der Waals surface area contributed by atoms with Gasteiger partial charge >= 0.3 is 5.97 Å². The van der Waals surface area contributed by atoms with Crippen molar-refractivity contribution in [2.24, 2.45) is 0 Å². The maximum absolute atomic E-state index is 11.9. The van der Waals surface area contributed by atoms with Gasteiger partial charge in [0.25, 0.3) is 0 Å². The molecule has 2 aromatic rings. The summed E-state index contributed by atoms with van der Waals surface area (Å²) in [7, 11) is 0. The molecule has 6 heteroatoms. The van der Waals surface area contributed by atoms with E-state index in [1.54, 1.807) is 10.9 Å². The molecule has 0 saturated heterocycles. The average molecular weight is 315 g/mol. The summed E-state index contributed by atoms with van der Waals surface area (Å²) in [5.41, 5.74) is 1.89. The molecular formula is C17H21N3O3. The standard InChI is InChI=1S/C17H21N3O3/c1-2-6-15(17(22)23)19-16(21)10-9-13-11-18-20(12-13)14-7-4-3-5-8-14/h3-5,7-8,11-12,15H,2,6,9-10H2,1H3,(H,19,21)(H,22,23). The number of rotatable bonds is 8. The van der Waals surface area contributed by atoms with Gasteiger partial charge in [-0.05, 0) is 30.5 Å². The Morgan fingerprint density at radius 1 is 1.30 bits per heavy atom. The van der Waals surface area contributed by atoms with Crippen LogP contribution in [0.4, 0.5) is 0 Å². The summed E-state index contributed by atoms with van der Waals surface area (Å²) in [5, 5.41) is 15.9. The van der Waals surface area contributed by atoms with Crippen LogP contribution in [0, 0.1) is 0 Å². The second-order valence-corrected chi connectivity index (χ2v) is 5.38. The first kappa shape index (κ1) is 16.7. The first-order valence-corrected chi connectivity index (χ1v) is 7.71. The van der Waals surface area contributed by atoms with Crippen molar-refractivity contribution in [3.05, 3.63) is 48.3 Å². The predicted octanol–water partition coefficient (Wildman–Crippen LogP) is 2.17. The summed E-state index contributed by atoms with van der Waals surface area (Å²) in [6.45, 7) is 1.89. The van der Waals surface area contributed by atoms with E-state index < -0.39 is 12.0 Å². The first-order valence-electron chi connectivity index (χ1n) is 7.71. The summed E-state index contributed by atoms with van der Waals surface area (Å²) in [5.74, 6) is -1.24. The number of carboxylic acids is 1.